The zero-order valence-electron chi connectivity index (χ0n) is 17.5. The number of aromatic nitrogens is 4. The molecule has 32 heavy (non-hydrogen) atoms. The molecule has 2 aromatic heterocycles. The second-order valence-corrected chi connectivity index (χ2v) is 7.49. The van der Waals surface area contributed by atoms with E-state index < -0.39 is 4.92 Å². The molecule has 2 aromatic carbocycles. The normalized spacial score (nSPS) is 11.0. The first kappa shape index (κ1) is 21.1. The number of rotatable bonds is 7. The molecule has 0 unspecified atom stereocenters. The molecule has 162 valence electrons. The maximum Gasteiger partial charge on any atom is 0.270 e. The van der Waals surface area contributed by atoms with Crippen LogP contribution in [0, 0.1) is 29.8 Å². The molecule has 0 amide bonds. The third-order valence-electron chi connectivity index (χ3n) is 5.29. The van der Waals surface area contributed by atoms with Gasteiger partial charge >= 0.3 is 0 Å². The SMILES string of the molecule is Cc1cc(C(=O)Cn2cnc(-c3cccc([N+](=O)[O-])c3)n2)c(C)n1Cc1ccc(F)cc1. The number of hydrogen-bond donors (Lipinski definition) is 0. The molecule has 9 heteroatoms. The summed E-state index contributed by atoms with van der Waals surface area (Å²) in [6.07, 6.45) is 1.43. The number of nitro groups is 1. The Morgan fingerprint density at radius 3 is 2.59 bits per heavy atom. The predicted octanol–water partition coefficient (Wildman–Crippen LogP) is 4.34. The highest BCUT2D eigenvalue weighted by Gasteiger charge is 2.18. The lowest BCUT2D eigenvalue weighted by Crippen LogP contribution is -2.12. The Morgan fingerprint density at radius 1 is 1.12 bits per heavy atom. The average molecular weight is 433 g/mol. The van der Waals surface area contributed by atoms with E-state index in [-0.39, 0.29) is 23.8 Å². The minimum absolute atomic E-state index is 0.0111. The van der Waals surface area contributed by atoms with E-state index in [1.165, 1.54) is 35.3 Å². The van der Waals surface area contributed by atoms with Gasteiger partial charge in [0.25, 0.3) is 5.69 Å². The standard InChI is InChI=1S/C23H20FN5O3/c1-15-10-21(16(2)28(15)12-17-6-8-19(24)9-7-17)22(30)13-27-14-25-23(26-27)18-4-3-5-20(11-18)29(31)32/h3-11,14H,12-13H2,1-2H3. The summed E-state index contributed by atoms with van der Waals surface area (Å²) in [5.41, 5.74) is 3.70. The molecule has 0 bridgehead atoms. The molecule has 2 heterocycles. The number of nitrogens with zero attached hydrogens (tertiary/aromatic N) is 5. The van der Waals surface area contributed by atoms with Crippen LogP contribution in [0.3, 0.4) is 0 Å². The molecule has 8 nitrogen and oxygen atoms in total. The number of non-ortho nitro benzene ring substituents is 1. The Balaban J connectivity index is 1.52. The van der Waals surface area contributed by atoms with E-state index >= 15 is 0 Å². The van der Waals surface area contributed by atoms with Crippen molar-refractivity contribution in [1.29, 1.82) is 0 Å². The maximum absolute atomic E-state index is 13.2. The van der Waals surface area contributed by atoms with Gasteiger partial charge in [-0.2, -0.15) is 5.10 Å². The summed E-state index contributed by atoms with van der Waals surface area (Å²) in [6, 6.07) is 14.1. The molecule has 0 spiro atoms. The minimum Gasteiger partial charge on any atom is -0.344 e. The Labute approximate surface area is 183 Å². The molecule has 0 aliphatic carbocycles. The predicted molar refractivity (Wildman–Crippen MR) is 116 cm³/mol. The smallest absolute Gasteiger partial charge is 0.270 e. The number of ketones is 1. The number of carbonyl (C=O) groups excluding carboxylic acids is 1. The lowest BCUT2D eigenvalue weighted by molar-refractivity contribution is -0.384. The number of carbonyl (C=O) groups is 1. The first-order valence-electron chi connectivity index (χ1n) is 9.90. The Morgan fingerprint density at radius 2 is 1.88 bits per heavy atom. The number of Topliss-reactive ketones (excluding diaryl/α,β-unsaturated/α-hetero) is 1. The summed E-state index contributed by atoms with van der Waals surface area (Å²) >= 11 is 0. The summed E-state index contributed by atoms with van der Waals surface area (Å²) < 4.78 is 16.6. The van der Waals surface area contributed by atoms with E-state index in [4.69, 9.17) is 0 Å². The zero-order chi connectivity index (χ0) is 22.8. The monoisotopic (exact) mass is 433 g/mol. The third-order valence-corrected chi connectivity index (χ3v) is 5.29. The highest BCUT2D eigenvalue weighted by atomic mass is 19.1. The topological polar surface area (TPSA) is 95.8 Å². The van der Waals surface area contributed by atoms with Crippen molar-refractivity contribution in [2.24, 2.45) is 0 Å². The fraction of sp³-hybridized carbons (Fsp3) is 0.174. The molecule has 0 fully saturated rings. The highest BCUT2D eigenvalue weighted by molar-refractivity contribution is 5.97. The Bertz CT molecular complexity index is 1310. The van der Waals surface area contributed by atoms with Gasteiger partial charge in [-0.05, 0) is 37.6 Å². The van der Waals surface area contributed by atoms with E-state index in [1.54, 1.807) is 24.3 Å². The maximum atomic E-state index is 13.2. The van der Waals surface area contributed by atoms with Crippen LogP contribution in [0.2, 0.25) is 0 Å². The fourth-order valence-corrected chi connectivity index (χ4v) is 3.59. The Hall–Kier alpha value is -4.14. The van der Waals surface area contributed by atoms with Gasteiger partial charge in [0.15, 0.2) is 11.6 Å². The second kappa shape index (κ2) is 8.54. The fourth-order valence-electron chi connectivity index (χ4n) is 3.59. The summed E-state index contributed by atoms with van der Waals surface area (Å²) in [4.78, 5) is 27.6. The van der Waals surface area contributed by atoms with Crippen LogP contribution in [-0.2, 0) is 13.1 Å². The van der Waals surface area contributed by atoms with Gasteiger partial charge in [0.1, 0.15) is 18.7 Å². The van der Waals surface area contributed by atoms with Crippen LogP contribution in [0.25, 0.3) is 11.4 Å². The largest absolute Gasteiger partial charge is 0.344 e. The van der Waals surface area contributed by atoms with Crippen LogP contribution in [0.1, 0.15) is 27.3 Å². The average Bonchev–Trinajstić information content (AvgIpc) is 3.35. The molecule has 4 rings (SSSR count). The van der Waals surface area contributed by atoms with Crippen LogP contribution in [0.5, 0.6) is 0 Å². The van der Waals surface area contributed by atoms with E-state index in [0.29, 0.717) is 23.5 Å². The molecule has 0 saturated heterocycles. The van der Waals surface area contributed by atoms with Crippen LogP contribution in [0.15, 0.2) is 60.9 Å². The van der Waals surface area contributed by atoms with Crippen molar-refractivity contribution in [3.05, 3.63) is 99.4 Å². The first-order chi connectivity index (χ1) is 15.3. The molecule has 0 radical (unpaired) electrons. The van der Waals surface area contributed by atoms with Gasteiger partial charge in [-0.1, -0.05) is 24.3 Å². The molecular weight excluding hydrogens is 413 g/mol. The van der Waals surface area contributed by atoms with E-state index in [0.717, 1.165) is 17.0 Å². The first-order valence-corrected chi connectivity index (χ1v) is 9.90. The highest BCUT2D eigenvalue weighted by Crippen LogP contribution is 2.21. The van der Waals surface area contributed by atoms with Crippen LogP contribution in [0.4, 0.5) is 10.1 Å². The van der Waals surface area contributed by atoms with Gasteiger partial charge < -0.3 is 4.57 Å². The zero-order valence-corrected chi connectivity index (χ0v) is 17.5. The van der Waals surface area contributed by atoms with Crippen molar-refractivity contribution < 1.29 is 14.1 Å². The molecule has 0 aliphatic heterocycles. The second-order valence-electron chi connectivity index (χ2n) is 7.49. The number of hydrogen-bond acceptors (Lipinski definition) is 5. The third kappa shape index (κ3) is 4.31. The molecule has 0 N–H and O–H groups in total. The van der Waals surface area contributed by atoms with Crippen molar-refractivity contribution in [3.8, 4) is 11.4 Å². The van der Waals surface area contributed by atoms with Crippen LogP contribution in [-0.4, -0.2) is 30.0 Å². The molecular formula is C23H20FN5O3. The van der Waals surface area contributed by atoms with Crippen molar-refractivity contribution in [1.82, 2.24) is 19.3 Å². The van der Waals surface area contributed by atoms with Crippen LogP contribution >= 0.6 is 0 Å². The number of benzene rings is 2. The number of halogens is 1. The molecule has 0 aliphatic rings. The van der Waals surface area contributed by atoms with Gasteiger partial charge in [-0.25, -0.2) is 14.1 Å². The minimum atomic E-state index is -0.480. The van der Waals surface area contributed by atoms with Crippen molar-refractivity contribution >= 4 is 11.5 Å². The van der Waals surface area contributed by atoms with Gasteiger partial charge in [-0.15, -0.1) is 0 Å². The summed E-state index contributed by atoms with van der Waals surface area (Å²) in [5, 5.41) is 15.3. The van der Waals surface area contributed by atoms with E-state index in [9.17, 15) is 19.3 Å². The van der Waals surface area contributed by atoms with Gasteiger partial charge in [-0.3, -0.25) is 14.9 Å². The number of aryl methyl sites for hydroxylation is 1. The van der Waals surface area contributed by atoms with E-state index in [2.05, 4.69) is 10.1 Å². The van der Waals surface area contributed by atoms with Crippen molar-refractivity contribution in [2.45, 2.75) is 26.9 Å². The lowest BCUT2D eigenvalue weighted by Gasteiger charge is -2.10. The lowest BCUT2D eigenvalue weighted by atomic mass is 10.1. The number of nitro benzene ring substituents is 1. The van der Waals surface area contributed by atoms with Crippen molar-refractivity contribution in [2.75, 3.05) is 0 Å². The summed E-state index contributed by atoms with van der Waals surface area (Å²) in [6.45, 7) is 4.32. The molecule has 0 atom stereocenters. The van der Waals surface area contributed by atoms with Gasteiger partial charge in [0.2, 0.25) is 0 Å². The quantitative estimate of drug-likeness (QED) is 0.245. The molecule has 4 aromatic rings. The van der Waals surface area contributed by atoms with Crippen LogP contribution < -0.4 is 0 Å². The van der Waals surface area contributed by atoms with Gasteiger partial charge in [0.05, 0.1) is 4.92 Å². The van der Waals surface area contributed by atoms with E-state index in [1.807, 2.05) is 24.5 Å². The summed E-state index contributed by atoms with van der Waals surface area (Å²) in [5.74, 6) is -0.106. The Kier molecular flexibility index (Phi) is 5.63. The van der Waals surface area contributed by atoms with Gasteiger partial charge in [0, 0.05) is 41.2 Å². The summed E-state index contributed by atoms with van der Waals surface area (Å²) in [7, 11) is 0. The van der Waals surface area contributed by atoms with Crippen molar-refractivity contribution in [3.63, 3.8) is 0 Å². The molecule has 0 saturated carbocycles.